The van der Waals surface area contributed by atoms with Gasteiger partial charge in [-0.3, -0.25) is 0 Å². The smallest absolute Gasteiger partial charge is 0.165 e. The third-order valence-corrected chi connectivity index (χ3v) is 4.42. The molecule has 5 rings (SSSR count). The zero-order valence-electron chi connectivity index (χ0n) is 12.8. The van der Waals surface area contributed by atoms with Crippen LogP contribution in [0.5, 0.6) is 17.2 Å². The first-order valence-corrected chi connectivity index (χ1v) is 7.63. The van der Waals surface area contributed by atoms with Gasteiger partial charge in [0.2, 0.25) is 0 Å². The molecule has 0 bridgehead atoms. The molecule has 0 radical (unpaired) electrons. The minimum absolute atomic E-state index is 0.193. The second-order valence-electron chi connectivity index (χ2n) is 5.74. The zero-order valence-corrected chi connectivity index (χ0v) is 12.8. The van der Waals surface area contributed by atoms with Gasteiger partial charge in [-0.25, -0.2) is 9.37 Å². The van der Waals surface area contributed by atoms with Crippen LogP contribution in [0.4, 0.5) is 4.39 Å². The van der Waals surface area contributed by atoms with E-state index in [0.717, 1.165) is 38.9 Å². The summed E-state index contributed by atoms with van der Waals surface area (Å²) in [6.45, 7) is 0. The molecule has 24 heavy (non-hydrogen) atoms. The number of fused-ring (bicyclic) bond motifs is 4. The number of halogens is 1. The molecule has 1 aromatic heterocycles. The summed E-state index contributed by atoms with van der Waals surface area (Å²) >= 11 is 0. The predicted octanol–water partition coefficient (Wildman–Crippen LogP) is 5.31. The lowest BCUT2D eigenvalue weighted by molar-refractivity contribution is 0.387. The van der Waals surface area contributed by atoms with E-state index in [2.05, 4.69) is 0 Å². The third-order valence-electron chi connectivity index (χ3n) is 4.42. The van der Waals surface area contributed by atoms with Crippen LogP contribution < -0.4 is 9.47 Å². The van der Waals surface area contributed by atoms with Gasteiger partial charge in [0.05, 0.1) is 23.7 Å². The van der Waals surface area contributed by atoms with Crippen molar-refractivity contribution in [2.75, 3.05) is 7.11 Å². The Morgan fingerprint density at radius 2 is 1.79 bits per heavy atom. The van der Waals surface area contributed by atoms with Crippen LogP contribution in [0.15, 0.2) is 54.6 Å². The van der Waals surface area contributed by atoms with Crippen molar-refractivity contribution in [3.8, 4) is 28.5 Å². The van der Waals surface area contributed by atoms with E-state index in [1.807, 2.05) is 42.5 Å². The van der Waals surface area contributed by atoms with Gasteiger partial charge in [-0.15, -0.1) is 0 Å². The van der Waals surface area contributed by atoms with Gasteiger partial charge in [0.25, 0.3) is 0 Å². The van der Waals surface area contributed by atoms with Crippen molar-refractivity contribution in [3.63, 3.8) is 0 Å². The average molecular weight is 317 g/mol. The minimum Gasteiger partial charge on any atom is -0.494 e. The summed E-state index contributed by atoms with van der Waals surface area (Å²) in [6.07, 6.45) is 0. The molecule has 0 unspecified atom stereocenters. The Kier molecular flexibility index (Phi) is 2.59. The lowest BCUT2D eigenvalue weighted by Crippen LogP contribution is -2.00. The molecule has 4 aromatic rings. The van der Waals surface area contributed by atoms with E-state index in [4.69, 9.17) is 14.5 Å². The van der Waals surface area contributed by atoms with Crippen molar-refractivity contribution >= 4 is 21.7 Å². The molecule has 0 aliphatic carbocycles. The Bertz CT molecular complexity index is 1140. The second kappa shape index (κ2) is 4.68. The maximum Gasteiger partial charge on any atom is 0.165 e. The monoisotopic (exact) mass is 317 g/mol. The highest BCUT2D eigenvalue weighted by Gasteiger charge is 2.23. The Balaban J connectivity index is 2.00. The lowest BCUT2D eigenvalue weighted by Gasteiger charge is -2.21. The number of ether oxygens (including phenoxy) is 2. The molecule has 0 atom stereocenters. The molecular formula is C20H12FNO2. The third kappa shape index (κ3) is 1.68. The van der Waals surface area contributed by atoms with Gasteiger partial charge in [-0.05, 0) is 29.7 Å². The number of rotatable bonds is 1. The van der Waals surface area contributed by atoms with Crippen LogP contribution in [0, 0.1) is 5.82 Å². The molecule has 0 amide bonds. The Morgan fingerprint density at radius 1 is 0.958 bits per heavy atom. The van der Waals surface area contributed by atoms with Crippen molar-refractivity contribution in [1.29, 1.82) is 0 Å². The summed E-state index contributed by atoms with van der Waals surface area (Å²) in [5, 5.41) is 2.58. The van der Waals surface area contributed by atoms with E-state index in [9.17, 15) is 4.39 Å². The molecule has 0 saturated heterocycles. The highest BCUT2D eigenvalue weighted by Crippen LogP contribution is 2.47. The molecule has 4 heteroatoms. The minimum atomic E-state index is -0.398. The maximum absolute atomic E-state index is 14.2. The molecule has 0 spiro atoms. The summed E-state index contributed by atoms with van der Waals surface area (Å²) in [5.74, 6) is 1.31. The van der Waals surface area contributed by atoms with E-state index in [1.54, 1.807) is 6.07 Å². The molecule has 3 nitrogen and oxygen atoms in total. The number of aromatic nitrogens is 1. The maximum atomic E-state index is 14.2. The SMILES string of the molecule is COc1cc2nc3c4c(cccc4c2cc1F)Oc1ccccc1-3. The molecule has 0 fully saturated rings. The van der Waals surface area contributed by atoms with E-state index in [0.29, 0.717) is 5.52 Å². The number of hydrogen-bond acceptors (Lipinski definition) is 3. The second-order valence-corrected chi connectivity index (χ2v) is 5.74. The standard InChI is InChI=1S/C20H12FNO2/c1-23-18-10-15-13(9-14(18)21)11-6-4-8-17-19(11)20(22-15)12-5-2-3-7-16(12)24-17/h2-10H,1H3. The van der Waals surface area contributed by atoms with Gasteiger partial charge in [-0.1, -0.05) is 24.3 Å². The highest BCUT2D eigenvalue weighted by atomic mass is 19.1. The van der Waals surface area contributed by atoms with E-state index in [1.165, 1.54) is 13.2 Å². The van der Waals surface area contributed by atoms with Crippen LogP contribution in [-0.4, -0.2) is 12.1 Å². The summed E-state index contributed by atoms with van der Waals surface area (Å²) < 4.78 is 25.3. The number of benzene rings is 3. The number of methoxy groups -OCH3 is 1. The number of nitrogens with zero attached hydrogens (tertiary/aromatic N) is 1. The number of pyridine rings is 1. The van der Waals surface area contributed by atoms with Crippen LogP contribution in [0.25, 0.3) is 32.9 Å². The molecule has 1 aliphatic rings. The lowest BCUT2D eigenvalue weighted by atomic mass is 9.97. The normalized spacial score (nSPS) is 12.1. The van der Waals surface area contributed by atoms with Crippen molar-refractivity contribution in [3.05, 3.63) is 60.4 Å². The molecule has 0 saturated carbocycles. The van der Waals surface area contributed by atoms with Crippen molar-refractivity contribution in [1.82, 2.24) is 4.98 Å². The molecule has 3 aromatic carbocycles. The number of hydrogen-bond donors (Lipinski definition) is 0. The molecule has 116 valence electrons. The van der Waals surface area contributed by atoms with Gasteiger partial charge in [0.15, 0.2) is 11.6 Å². The van der Waals surface area contributed by atoms with E-state index < -0.39 is 5.82 Å². The summed E-state index contributed by atoms with van der Waals surface area (Å²) in [4.78, 5) is 4.80. The summed E-state index contributed by atoms with van der Waals surface area (Å²) in [7, 11) is 1.45. The molecule has 2 heterocycles. The molecule has 1 aliphatic heterocycles. The Hall–Kier alpha value is -3.14. The van der Waals surface area contributed by atoms with Crippen LogP contribution in [0.1, 0.15) is 0 Å². The Labute approximate surface area is 137 Å². The van der Waals surface area contributed by atoms with Crippen LogP contribution >= 0.6 is 0 Å². The van der Waals surface area contributed by atoms with E-state index >= 15 is 0 Å². The topological polar surface area (TPSA) is 31.4 Å². The van der Waals surface area contributed by atoms with Crippen molar-refractivity contribution in [2.45, 2.75) is 0 Å². The fraction of sp³-hybridized carbons (Fsp3) is 0.0500. The summed E-state index contributed by atoms with van der Waals surface area (Å²) in [5.41, 5.74) is 2.49. The van der Waals surface area contributed by atoms with Gasteiger partial charge >= 0.3 is 0 Å². The first-order valence-electron chi connectivity index (χ1n) is 7.63. The first-order chi connectivity index (χ1) is 11.8. The fourth-order valence-electron chi connectivity index (χ4n) is 3.33. The molecule has 0 N–H and O–H groups in total. The Morgan fingerprint density at radius 3 is 2.67 bits per heavy atom. The van der Waals surface area contributed by atoms with Crippen molar-refractivity contribution in [2.24, 2.45) is 0 Å². The van der Waals surface area contributed by atoms with Crippen LogP contribution in [0.3, 0.4) is 0 Å². The van der Waals surface area contributed by atoms with Crippen LogP contribution in [-0.2, 0) is 0 Å². The van der Waals surface area contributed by atoms with E-state index in [-0.39, 0.29) is 5.75 Å². The molecular weight excluding hydrogens is 305 g/mol. The van der Waals surface area contributed by atoms with Gasteiger partial charge < -0.3 is 9.47 Å². The van der Waals surface area contributed by atoms with Crippen molar-refractivity contribution < 1.29 is 13.9 Å². The van der Waals surface area contributed by atoms with Crippen LogP contribution in [0.2, 0.25) is 0 Å². The van der Waals surface area contributed by atoms with Gasteiger partial charge in [0.1, 0.15) is 11.5 Å². The largest absolute Gasteiger partial charge is 0.494 e. The van der Waals surface area contributed by atoms with Gasteiger partial charge in [0, 0.05) is 17.0 Å². The predicted molar refractivity (Wildman–Crippen MR) is 91.3 cm³/mol. The number of para-hydroxylation sites is 1. The first kappa shape index (κ1) is 13.3. The van der Waals surface area contributed by atoms with Gasteiger partial charge in [-0.2, -0.15) is 0 Å². The zero-order chi connectivity index (χ0) is 16.3. The summed E-state index contributed by atoms with van der Waals surface area (Å²) in [6, 6.07) is 16.7. The quantitative estimate of drug-likeness (QED) is 0.393. The fourth-order valence-corrected chi connectivity index (χ4v) is 3.33. The highest BCUT2D eigenvalue weighted by molar-refractivity contribution is 6.14. The average Bonchev–Trinajstić information content (AvgIpc) is 2.62.